The van der Waals surface area contributed by atoms with E-state index in [2.05, 4.69) is 20.8 Å². The maximum absolute atomic E-state index is 13.5. The fraction of sp³-hybridized carbons (Fsp3) is 0.607. The fourth-order valence-electron chi connectivity index (χ4n) is 5.61. The van der Waals surface area contributed by atoms with Crippen LogP contribution >= 0.6 is 0 Å². The zero-order valence-corrected chi connectivity index (χ0v) is 20.5. The van der Waals surface area contributed by atoms with Crippen LogP contribution in [0.2, 0.25) is 0 Å². The quantitative estimate of drug-likeness (QED) is 0.367. The van der Waals surface area contributed by atoms with Gasteiger partial charge in [-0.25, -0.2) is 4.79 Å². The summed E-state index contributed by atoms with van der Waals surface area (Å²) in [5.74, 6) is -0.296. The second-order valence-corrected chi connectivity index (χ2v) is 10.6. The van der Waals surface area contributed by atoms with Gasteiger partial charge in [0.2, 0.25) is 0 Å². The predicted octanol–water partition coefficient (Wildman–Crippen LogP) is 6.17. The summed E-state index contributed by atoms with van der Waals surface area (Å²) < 4.78 is 12.1. The first-order chi connectivity index (χ1) is 15.8. The third-order valence-electron chi connectivity index (χ3n) is 7.17. The van der Waals surface area contributed by atoms with E-state index in [0.29, 0.717) is 24.3 Å². The van der Waals surface area contributed by atoms with Crippen molar-refractivity contribution in [3.8, 4) is 5.75 Å². The molecule has 1 heterocycles. The van der Waals surface area contributed by atoms with Gasteiger partial charge in [-0.2, -0.15) is 0 Å². The average Bonchev–Trinajstić information content (AvgIpc) is 3.25. The molecule has 0 aromatic heterocycles. The Morgan fingerprint density at radius 3 is 2.58 bits per heavy atom. The van der Waals surface area contributed by atoms with Crippen LogP contribution in [0.5, 0.6) is 5.75 Å². The van der Waals surface area contributed by atoms with Crippen LogP contribution in [0.25, 0.3) is 0 Å². The van der Waals surface area contributed by atoms with Crippen LogP contribution in [0, 0.1) is 11.3 Å². The molecule has 5 heteroatoms. The third-order valence-corrected chi connectivity index (χ3v) is 7.17. The summed E-state index contributed by atoms with van der Waals surface area (Å²) in [7, 11) is 0. The van der Waals surface area contributed by atoms with Gasteiger partial charge in [0.25, 0.3) is 0 Å². The number of rotatable bonds is 7. The van der Waals surface area contributed by atoms with Gasteiger partial charge in [0.05, 0.1) is 18.1 Å². The minimum Gasteiger partial charge on any atom is -0.493 e. The minimum atomic E-state index is -0.441. The molecule has 2 atom stereocenters. The predicted molar refractivity (Wildman–Crippen MR) is 130 cm³/mol. The van der Waals surface area contributed by atoms with Crippen LogP contribution in [0.3, 0.4) is 0 Å². The summed E-state index contributed by atoms with van der Waals surface area (Å²) in [4.78, 5) is 31.9. The van der Waals surface area contributed by atoms with Crippen LogP contribution < -0.4 is 4.74 Å². The van der Waals surface area contributed by atoms with E-state index in [-0.39, 0.29) is 23.3 Å². The van der Waals surface area contributed by atoms with Gasteiger partial charge < -0.3 is 9.47 Å². The van der Waals surface area contributed by atoms with E-state index >= 15 is 0 Å². The van der Waals surface area contributed by atoms with Crippen LogP contribution in [-0.2, 0) is 14.3 Å². The van der Waals surface area contributed by atoms with Crippen molar-refractivity contribution in [3.05, 3.63) is 41.1 Å². The zero-order valence-electron chi connectivity index (χ0n) is 20.5. The maximum Gasteiger partial charge on any atom is 0.336 e. The van der Waals surface area contributed by atoms with Crippen molar-refractivity contribution < 1.29 is 19.1 Å². The number of aliphatic imine (C=N–C) groups is 1. The van der Waals surface area contributed by atoms with E-state index in [1.807, 2.05) is 31.2 Å². The lowest BCUT2D eigenvalue weighted by Crippen LogP contribution is -2.44. The fourth-order valence-corrected chi connectivity index (χ4v) is 5.61. The first-order valence-corrected chi connectivity index (χ1v) is 12.5. The third kappa shape index (κ3) is 5.07. The Bertz CT molecular complexity index is 968. The number of carbonyl (C=O) groups excluding carboxylic acids is 2. The molecule has 1 aromatic rings. The van der Waals surface area contributed by atoms with Crippen molar-refractivity contribution in [2.24, 2.45) is 16.3 Å². The molecule has 4 rings (SSSR count). The lowest BCUT2D eigenvalue weighted by molar-refractivity contribution is -0.144. The number of para-hydroxylation sites is 1. The van der Waals surface area contributed by atoms with Crippen molar-refractivity contribution in [1.82, 2.24) is 0 Å². The molecule has 0 N–H and O–H groups in total. The molecular weight excluding hydrogens is 414 g/mol. The highest BCUT2D eigenvalue weighted by Crippen LogP contribution is 2.49. The van der Waals surface area contributed by atoms with Gasteiger partial charge in [0.1, 0.15) is 17.6 Å². The molecule has 1 unspecified atom stereocenters. The lowest BCUT2D eigenvalue weighted by Gasteiger charge is -2.41. The van der Waals surface area contributed by atoms with E-state index in [9.17, 15) is 9.59 Å². The number of benzene rings is 1. The Kier molecular flexibility index (Phi) is 7.06. The molecule has 0 saturated heterocycles. The van der Waals surface area contributed by atoms with E-state index in [4.69, 9.17) is 14.5 Å². The number of hydrogen-bond donors (Lipinski definition) is 0. The molecule has 0 amide bonds. The molecule has 2 saturated carbocycles. The van der Waals surface area contributed by atoms with Gasteiger partial charge in [-0.3, -0.25) is 9.79 Å². The number of carbonyl (C=O) groups is 2. The minimum absolute atomic E-state index is 0.0409. The maximum atomic E-state index is 13.5. The highest BCUT2D eigenvalue weighted by molar-refractivity contribution is 6.12. The number of hydrogen-bond acceptors (Lipinski definition) is 5. The number of ether oxygens (including phenoxy) is 2. The van der Waals surface area contributed by atoms with E-state index < -0.39 is 11.8 Å². The van der Waals surface area contributed by atoms with Crippen molar-refractivity contribution >= 4 is 17.5 Å². The van der Waals surface area contributed by atoms with Gasteiger partial charge in [0, 0.05) is 29.3 Å². The lowest BCUT2D eigenvalue weighted by atomic mass is 9.63. The summed E-state index contributed by atoms with van der Waals surface area (Å²) in [6, 6.07) is 7.85. The van der Waals surface area contributed by atoms with Crippen molar-refractivity contribution in [1.29, 1.82) is 0 Å². The van der Waals surface area contributed by atoms with Gasteiger partial charge in [-0.15, -0.1) is 0 Å². The number of allylic oxidation sites excluding steroid dienone is 1. The van der Waals surface area contributed by atoms with Gasteiger partial charge in [0.15, 0.2) is 0 Å². The first kappa shape index (κ1) is 23.7. The van der Waals surface area contributed by atoms with Crippen LogP contribution in [-0.4, -0.2) is 30.2 Å². The first-order valence-electron chi connectivity index (χ1n) is 12.5. The van der Waals surface area contributed by atoms with Gasteiger partial charge >= 0.3 is 5.97 Å². The standard InChI is InChI=1S/C28H37NO4/c1-5-6-15-32-23-14-10-9-13-20(23)25-24(27(31)33-19-11-7-8-12-19)18(2)29-21-16-28(3,4)17-22(30)26(21)25/h9-10,13-14,19,25-26H,5-8,11-12,15-17H2,1-4H3/t25-,26?/m0/s1. The molecule has 1 aromatic carbocycles. The molecule has 0 bridgehead atoms. The number of ketones is 1. The summed E-state index contributed by atoms with van der Waals surface area (Å²) in [6.07, 6.45) is 7.18. The summed E-state index contributed by atoms with van der Waals surface area (Å²) in [5, 5.41) is 0. The number of fused-ring (bicyclic) bond motifs is 1. The number of Topliss-reactive ketones (excluding diaryl/α,β-unsaturated/α-hetero) is 1. The molecule has 178 valence electrons. The highest BCUT2D eigenvalue weighted by atomic mass is 16.5. The molecule has 2 aliphatic carbocycles. The molecule has 3 aliphatic rings. The van der Waals surface area contributed by atoms with E-state index in [1.54, 1.807) is 0 Å². The Morgan fingerprint density at radius 2 is 1.85 bits per heavy atom. The summed E-state index contributed by atoms with van der Waals surface area (Å²) in [6.45, 7) is 8.85. The molecule has 0 spiro atoms. The normalized spacial score (nSPS) is 25.0. The number of unbranched alkanes of at least 4 members (excludes halogenated alkanes) is 1. The van der Waals surface area contributed by atoms with E-state index in [1.165, 1.54) is 0 Å². The van der Waals surface area contributed by atoms with Crippen molar-refractivity contribution in [2.75, 3.05) is 6.61 Å². The Hall–Kier alpha value is -2.43. The molecule has 0 radical (unpaired) electrons. The monoisotopic (exact) mass is 451 g/mol. The molecule has 2 fully saturated rings. The Labute approximate surface area is 197 Å². The SMILES string of the molecule is CCCCOc1ccccc1[C@H]1C(C(=O)OC2CCCC2)=C(C)N=C2CC(C)(C)CC(=O)C21. The largest absolute Gasteiger partial charge is 0.493 e. The number of nitrogens with zero attached hydrogens (tertiary/aromatic N) is 1. The second-order valence-electron chi connectivity index (χ2n) is 10.6. The molecule has 1 aliphatic heterocycles. The van der Waals surface area contributed by atoms with Crippen molar-refractivity contribution in [3.63, 3.8) is 0 Å². The summed E-state index contributed by atoms with van der Waals surface area (Å²) >= 11 is 0. The molecule has 33 heavy (non-hydrogen) atoms. The smallest absolute Gasteiger partial charge is 0.336 e. The zero-order chi connectivity index (χ0) is 23.6. The van der Waals surface area contributed by atoms with Gasteiger partial charge in [-0.1, -0.05) is 45.4 Å². The van der Waals surface area contributed by atoms with Crippen LogP contribution in [0.4, 0.5) is 0 Å². The summed E-state index contributed by atoms with van der Waals surface area (Å²) in [5.41, 5.74) is 2.84. The Morgan fingerprint density at radius 1 is 1.12 bits per heavy atom. The second kappa shape index (κ2) is 9.82. The van der Waals surface area contributed by atoms with Crippen LogP contribution in [0.15, 0.2) is 40.5 Å². The van der Waals surface area contributed by atoms with E-state index in [0.717, 1.165) is 62.0 Å². The van der Waals surface area contributed by atoms with Crippen LogP contribution in [0.1, 0.15) is 90.5 Å². The van der Waals surface area contributed by atoms with Gasteiger partial charge in [-0.05, 0) is 56.9 Å². The van der Waals surface area contributed by atoms with Crippen molar-refractivity contribution in [2.45, 2.75) is 91.1 Å². The Balaban J connectivity index is 1.78. The molecule has 5 nitrogen and oxygen atoms in total. The highest BCUT2D eigenvalue weighted by Gasteiger charge is 2.48. The molecular formula is C28H37NO4. The average molecular weight is 452 g/mol. The topological polar surface area (TPSA) is 65.0 Å². The number of esters is 1.